The van der Waals surface area contributed by atoms with Gasteiger partial charge in [-0.05, 0) is 25.2 Å². The Labute approximate surface area is 56.9 Å². The molecule has 0 amide bonds. The molecule has 52 valence electrons. The standard InChI is InChI=1S/C8H15N/c1-2-4-7-5-3-6-8(7)9/h2,7-8H,1,3-6,9H2/t7-,8+/m0/s1. The highest BCUT2D eigenvalue weighted by Crippen LogP contribution is 2.26. The number of rotatable bonds is 2. The van der Waals surface area contributed by atoms with Crippen LogP contribution in [0.25, 0.3) is 0 Å². The summed E-state index contributed by atoms with van der Waals surface area (Å²) >= 11 is 0. The monoisotopic (exact) mass is 125 g/mol. The molecule has 1 nitrogen and oxygen atoms in total. The zero-order valence-electron chi connectivity index (χ0n) is 5.84. The average Bonchev–Trinajstić information content (AvgIpc) is 2.18. The minimum absolute atomic E-state index is 0.461. The molecule has 1 fully saturated rings. The molecular weight excluding hydrogens is 110 g/mol. The van der Waals surface area contributed by atoms with Gasteiger partial charge in [0.2, 0.25) is 0 Å². The van der Waals surface area contributed by atoms with Gasteiger partial charge in [-0.25, -0.2) is 0 Å². The third-order valence-corrected chi connectivity index (χ3v) is 2.19. The van der Waals surface area contributed by atoms with E-state index in [-0.39, 0.29) is 0 Å². The Morgan fingerprint density at radius 2 is 2.33 bits per heavy atom. The van der Waals surface area contributed by atoms with Gasteiger partial charge in [0.05, 0.1) is 0 Å². The van der Waals surface area contributed by atoms with Crippen LogP contribution in [0.15, 0.2) is 12.7 Å². The van der Waals surface area contributed by atoms with Crippen molar-refractivity contribution in [1.29, 1.82) is 0 Å². The Bertz CT molecular complexity index is 98.7. The highest BCUT2D eigenvalue weighted by atomic mass is 14.7. The molecule has 1 rings (SSSR count). The summed E-state index contributed by atoms with van der Waals surface area (Å²) in [5, 5.41) is 0. The normalized spacial score (nSPS) is 34.8. The summed E-state index contributed by atoms with van der Waals surface area (Å²) in [5.41, 5.74) is 5.82. The van der Waals surface area contributed by atoms with Crippen LogP contribution >= 0.6 is 0 Å². The number of hydrogen-bond donors (Lipinski definition) is 1. The van der Waals surface area contributed by atoms with Gasteiger partial charge in [-0.3, -0.25) is 0 Å². The first-order valence-corrected chi connectivity index (χ1v) is 3.71. The molecule has 0 aliphatic heterocycles. The van der Waals surface area contributed by atoms with Gasteiger partial charge in [-0.1, -0.05) is 12.5 Å². The summed E-state index contributed by atoms with van der Waals surface area (Å²) in [7, 11) is 0. The zero-order valence-corrected chi connectivity index (χ0v) is 5.84. The first kappa shape index (κ1) is 6.81. The van der Waals surface area contributed by atoms with Gasteiger partial charge in [0, 0.05) is 6.04 Å². The van der Waals surface area contributed by atoms with E-state index in [9.17, 15) is 0 Å². The van der Waals surface area contributed by atoms with Crippen molar-refractivity contribution >= 4 is 0 Å². The van der Waals surface area contributed by atoms with E-state index in [1.807, 2.05) is 6.08 Å². The minimum Gasteiger partial charge on any atom is -0.327 e. The lowest BCUT2D eigenvalue weighted by molar-refractivity contribution is 0.487. The van der Waals surface area contributed by atoms with Crippen LogP contribution in [0.4, 0.5) is 0 Å². The predicted octanol–water partition coefficient (Wildman–Crippen LogP) is 1.69. The molecule has 2 N–H and O–H groups in total. The molecule has 0 heterocycles. The summed E-state index contributed by atoms with van der Waals surface area (Å²) in [6, 6.07) is 0.461. The maximum atomic E-state index is 5.82. The molecule has 1 heteroatoms. The minimum atomic E-state index is 0.461. The summed E-state index contributed by atoms with van der Waals surface area (Å²) in [6.45, 7) is 3.70. The van der Waals surface area contributed by atoms with Gasteiger partial charge >= 0.3 is 0 Å². The lowest BCUT2D eigenvalue weighted by Crippen LogP contribution is -2.23. The largest absolute Gasteiger partial charge is 0.327 e. The molecule has 1 saturated carbocycles. The van der Waals surface area contributed by atoms with Crippen molar-refractivity contribution in [3.63, 3.8) is 0 Å². The maximum absolute atomic E-state index is 5.82. The van der Waals surface area contributed by atoms with Gasteiger partial charge in [0.1, 0.15) is 0 Å². The molecule has 0 aromatic rings. The van der Waals surface area contributed by atoms with Gasteiger partial charge in [0.25, 0.3) is 0 Å². The molecule has 0 unspecified atom stereocenters. The Hall–Kier alpha value is -0.300. The molecule has 0 saturated heterocycles. The summed E-state index contributed by atoms with van der Waals surface area (Å²) in [6.07, 6.45) is 6.95. The predicted molar refractivity (Wildman–Crippen MR) is 40.1 cm³/mol. The van der Waals surface area contributed by atoms with Gasteiger partial charge in [-0.15, -0.1) is 6.58 Å². The van der Waals surface area contributed by atoms with Crippen LogP contribution in [0, 0.1) is 5.92 Å². The number of hydrogen-bond acceptors (Lipinski definition) is 1. The van der Waals surface area contributed by atoms with E-state index < -0.39 is 0 Å². The first-order chi connectivity index (χ1) is 4.34. The molecule has 9 heavy (non-hydrogen) atoms. The fourth-order valence-electron chi connectivity index (χ4n) is 1.57. The SMILES string of the molecule is C=CC[C@H]1CCC[C@H]1N. The first-order valence-electron chi connectivity index (χ1n) is 3.71. The van der Waals surface area contributed by atoms with E-state index in [0.29, 0.717) is 6.04 Å². The van der Waals surface area contributed by atoms with Gasteiger partial charge in [-0.2, -0.15) is 0 Å². The number of nitrogens with two attached hydrogens (primary N) is 1. The quantitative estimate of drug-likeness (QED) is 0.558. The number of allylic oxidation sites excluding steroid dienone is 1. The van der Waals surface area contributed by atoms with Crippen molar-refractivity contribution in [2.24, 2.45) is 11.7 Å². The molecule has 0 bridgehead atoms. The third-order valence-electron chi connectivity index (χ3n) is 2.19. The van der Waals surface area contributed by atoms with E-state index in [1.54, 1.807) is 0 Å². The average molecular weight is 125 g/mol. The second kappa shape index (κ2) is 3.02. The zero-order chi connectivity index (χ0) is 6.69. The van der Waals surface area contributed by atoms with Crippen molar-refractivity contribution in [2.45, 2.75) is 31.7 Å². The lowest BCUT2D eigenvalue weighted by atomic mass is 10.0. The topological polar surface area (TPSA) is 26.0 Å². The van der Waals surface area contributed by atoms with Crippen LogP contribution in [0.3, 0.4) is 0 Å². The second-order valence-electron chi connectivity index (χ2n) is 2.88. The van der Waals surface area contributed by atoms with Crippen LogP contribution in [0.1, 0.15) is 25.7 Å². The van der Waals surface area contributed by atoms with Crippen molar-refractivity contribution in [3.05, 3.63) is 12.7 Å². The summed E-state index contributed by atoms with van der Waals surface area (Å²) in [4.78, 5) is 0. The highest BCUT2D eigenvalue weighted by Gasteiger charge is 2.21. The van der Waals surface area contributed by atoms with E-state index in [0.717, 1.165) is 12.3 Å². The van der Waals surface area contributed by atoms with Crippen molar-refractivity contribution in [2.75, 3.05) is 0 Å². The van der Waals surface area contributed by atoms with Crippen LogP contribution in [0.5, 0.6) is 0 Å². The van der Waals surface area contributed by atoms with Crippen LogP contribution in [-0.2, 0) is 0 Å². The maximum Gasteiger partial charge on any atom is 0.00701 e. The Morgan fingerprint density at radius 1 is 1.56 bits per heavy atom. The highest BCUT2D eigenvalue weighted by molar-refractivity contribution is 4.85. The summed E-state index contributed by atoms with van der Waals surface area (Å²) < 4.78 is 0. The molecule has 0 radical (unpaired) electrons. The van der Waals surface area contributed by atoms with Crippen molar-refractivity contribution in [3.8, 4) is 0 Å². The molecule has 1 aliphatic rings. The Kier molecular flexibility index (Phi) is 2.29. The van der Waals surface area contributed by atoms with E-state index in [2.05, 4.69) is 6.58 Å². The fraction of sp³-hybridized carbons (Fsp3) is 0.750. The molecule has 2 atom stereocenters. The van der Waals surface area contributed by atoms with E-state index in [1.165, 1.54) is 19.3 Å². The molecule has 1 aliphatic carbocycles. The smallest absolute Gasteiger partial charge is 0.00701 e. The molecular formula is C8H15N. The lowest BCUT2D eigenvalue weighted by Gasteiger charge is -2.11. The van der Waals surface area contributed by atoms with Crippen molar-refractivity contribution < 1.29 is 0 Å². The fourth-order valence-corrected chi connectivity index (χ4v) is 1.57. The summed E-state index contributed by atoms with van der Waals surface area (Å²) in [5.74, 6) is 0.738. The third kappa shape index (κ3) is 1.55. The Morgan fingerprint density at radius 3 is 2.78 bits per heavy atom. The van der Waals surface area contributed by atoms with Gasteiger partial charge < -0.3 is 5.73 Å². The molecule has 0 spiro atoms. The van der Waals surface area contributed by atoms with Crippen LogP contribution in [0.2, 0.25) is 0 Å². The molecule has 0 aromatic heterocycles. The van der Waals surface area contributed by atoms with Crippen LogP contribution in [-0.4, -0.2) is 6.04 Å². The van der Waals surface area contributed by atoms with Gasteiger partial charge in [0.15, 0.2) is 0 Å². The molecule has 0 aromatic carbocycles. The second-order valence-corrected chi connectivity index (χ2v) is 2.88. The Balaban J connectivity index is 2.30. The van der Waals surface area contributed by atoms with Crippen LogP contribution < -0.4 is 5.73 Å². The van der Waals surface area contributed by atoms with E-state index >= 15 is 0 Å². The van der Waals surface area contributed by atoms with E-state index in [4.69, 9.17) is 5.73 Å². The van der Waals surface area contributed by atoms with Crippen molar-refractivity contribution in [1.82, 2.24) is 0 Å².